The molecular formula is C9H7ClFN3O. The maximum atomic E-state index is 12.7. The molecule has 2 aromatic heterocycles. The van der Waals surface area contributed by atoms with Gasteiger partial charge in [-0.1, -0.05) is 11.6 Å². The maximum absolute atomic E-state index is 12.7. The molecule has 0 radical (unpaired) electrons. The normalized spacial score (nSPS) is 10.3. The number of hydrogen-bond donors (Lipinski definition) is 1. The van der Waals surface area contributed by atoms with Crippen molar-refractivity contribution < 1.29 is 8.81 Å². The summed E-state index contributed by atoms with van der Waals surface area (Å²) in [6, 6.07) is 3.55. The summed E-state index contributed by atoms with van der Waals surface area (Å²) in [4.78, 5) is 6.82. The molecule has 0 aliphatic heterocycles. The van der Waals surface area contributed by atoms with Gasteiger partial charge < -0.3 is 9.73 Å². The van der Waals surface area contributed by atoms with Crippen LogP contribution in [0.15, 0.2) is 29.0 Å². The Morgan fingerprint density at radius 1 is 1.53 bits per heavy atom. The highest BCUT2D eigenvalue weighted by Gasteiger charge is 2.05. The Morgan fingerprint density at radius 2 is 2.40 bits per heavy atom. The van der Waals surface area contributed by atoms with Crippen LogP contribution in [-0.2, 0) is 6.54 Å². The molecule has 78 valence electrons. The molecule has 15 heavy (non-hydrogen) atoms. The van der Waals surface area contributed by atoms with Crippen LogP contribution in [0.2, 0.25) is 5.02 Å². The second kappa shape index (κ2) is 4.27. The summed E-state index contributed by atoms with van der Waals surface area (Å²) in [5, 5.41) is 3.11. The summed E-state index contributed by atoms with van der Waals surface area (Å²) < 4.78 is 17.8. The molecule has 0 spiro atoms. The van der Waals surface area contributed by atoms with Gasteiger partial charge in [0, 0.05) is 0 Å². The molecule has 1 N–H and O–H groups in total. The third-order valence-corrected chi connectivity index (χ3v) is 2.00. The van der Waals surface area contributed by atoms with Crippen molar-refractivity contribution in [2.24, 2.45) is 0 Å². The van der Waals surface area contributed by atoms with Crippen molar-refractivity contribution in [2.45, 2.75) is 6.54 Å². The molecular weight excluding hydrogens is 221 g/mol. The molecule has 0 aliphatic rings. The van der Waals surface area contributed by atoms with E-state index in [0.717, 1.165) is 0 Å². The van der Waals surface area contributed by atoms with Gasteiger partial charge in [0.05, 0.1) is 19.0 Å². The van der Waals surface area contributed by atoms with Crippen LogP contribution in [-0.4, -0.2) is 9.97 Å². The van der Waals surface area contributed by atoms with Gasteiger partial charge in [0.25, 0.3) is 0 Å². The minimum atomic E-state index is -0.818. The third kappa shape index (κ3) is 2.44. The molecule has 4 nitrogen and oxygen atoms in total. The summed E-state index contributed by atoms with van der Waals surface area (Å²) in [6.45, 7) is 0.392. The fourth-order valence-corrected chi connectivity index (χ4v) is 1.21. The zero-order valence-electron chi connectivity index (χ0n) is 7.58. The van der Waals surface area contributed by atoms with Gasteiger partial charge >= 0.3 is 6.08 Å². The molecule has 0 aliphatic carbocycles. The first-order valence-corrected chi connectivity index (χ1v) is 4.58. The topological polar surface area (TPSA) is 51.0 Å². The van der Waals surface area contributed by atoms with Crippen LogP contribution in [0.25, 0.3) is 0 Å². The molecule has 0 saturated heterocycles. The molecule has 0 fully saturated rings. The molecule has 0 atom stereocenters. The number of aromatic nitrogens is 2. The first-order chi connectivity index (χ1) is 7.25. The Hall–Kier alpha value is -1.62. The minimum Gasteiger partial charge on any atom is -0.467 e. The molecule has 0 aromatic carbocycles. The van der Waals surface area contributed by atoms with Crippen LogP contribution < -0.4 is 5.32 Å². The van der Waals surface area contributed by atoms with E-state index < -0.39 is 6.08 Å². The van der Waals surface area contributed by atoms with Crippen LogP contribution in [0.3, 0.4) is 0 Å². The second-order valence-corrected chi connectivity index (χ2v) is 3.18. The van der Waals surface area contributed by atoms with Gasteiger partial charge in [0.15, 0.2) is 5.82 Å². The molecule has 0 bridgehead atoms. The van der Waals surface area contributed by atoms with E-state index in [9.17, 15) is 4.39 Å². The highest BCUT2D eigenvalue weighted by atomic mass is 35.5. The average Bonchev–Trinajstić information content (AvgIpc) is 2.72. The van der Waals surface area contributed by atoms with E-state index in [0.29, 0.717) is 12.3 Å². The number of furan rings is 1. The maximum Gasteiger partial charge on any atom is 0.310 e. The van der Waals surface area contributed by atoms with Crippen molar-refractivity contribution in [3.8, 4) is 0 Å². The Labute approximate surface area is 90.1 Å². The summed E-state index contributed by atoms with van der Waals surface area (Å²) >= 11 is 5.75. The Balaban J connectivity index is 2.07. The van der Waals surface area contributed by atoms with Crippen LogP contribution in [0.4, 0.5) is 10.2 Å². The van der Waals surface area contributed by atoms with Crippen LogP contribution in [0.5, 0.6) is 0 Å². The third-order valence-electron chi connectivity index (χ3n) is 1.72. The molecule has 2 heterocycles. The Kier molecular flexibility index (Phi) is 2.82. The van der Waals surface area contributed by atoms with Gasteiger partial charge in [0.2, 0.25) is 0 Å². The van der Waals surface area contributed by atoms with Crippen molar-refractivity contribution in [2.75, 3.05) is 5.32 Å². The second-order valence-electron chi connectivity index (χ2n) is 2.77. The summed E-state index contributed by atoms with van der Waals surface area (Å²) in [6.07, 6.45) is 1.94. The van der Waals surface area contributed by atoms with Crippen molar-refractivity contribution in [3.05, 3.63) is 41.5 Å². The molecule has 2 rings (SSSR count). The molecule has 0 saturated carbocycles. The lowest BCUT2D eigenvalue weighted by Crippen LogP contribution is -2.03. The highest BCUT2D eigenvalue weighted by Crippen LogP contribution is 2.18. The van der Waals surface area contributed by atoms with E-state index in [2.05, 4.69) is 15.3 Å². The van der Waals surface area contributed by atoms with Crippen molar-refractivity contribution in [1.82, 2.24) is 9.97 Å². The quantitative estimate of drug-likeness (QED) is 0.819. The average molecular weight is 228 g/mol. The first kappa shape index (κ1) is 9.92. The molecule has 2 aromatic rings. The Bertz CT molecular complexity index is 447. The number of anilines is 1. The summed E-state index contributed by atoms with van der Waals surface area (Å²) in [5.41, 5.74) is 0. The number of nitrogens with zero attached hydrogens (tertiary/aromatic N) is 2. The lowest BCUT2D eigenvalue weighted by Gasteiger charge is -2.04. The van der Waals surface area contributed by atoms with Crippen molar-refractivity contribution in [1.29, 1.82) is 0 Å². The van der Waals surface area contributed by atoms with Crippen LogP contribution >= 0.6 is 11.6 Å². The SMILES string of the molecule is Fc1ncc(Cl)c(NCc2ccco2)n1. The number of nitrogens with one attached hydrogen (secondary N) is 1. The Morgan fingerprint density at radius 3 is 3.13 bits per heavy atom. The standard InChI is InChI=1S/C9H7ClFN3O/c10-7-5-13-9(11)14-8(7)12-4-6-2-1-3-15-6/h1-3,5H,4H2,(H,12,13,14). The van der Waals surface area contributed by atoms with E-state index in [1.165, 1.54) is 6.20 Å². The summed E-state index contributed by atoms with van der Waals surface area (Å²) in [7, 11) is 0. The van der Waals surface area contributed by atoms with Crippen LogP contribution in [0.1, 0.15) is 5.76 Å². The number of rotatable bonds is 3. The monoisotopic (exact) mass is 227 g/mol. The fraction of sp³-hybridized carbons (Fsp3) is 0.111. The van der Waals surface area contributed by atoms with Crippen LogP contribution in [0, 0.1) is 6.08 Å². The summed E-state index contributed by atoms with van der Waals surface area (Å²) in [5.74, 6) is 0.964. The van der Waals surface area contributed by atoms with E-state index >= 15 is 0 Å². The smallest absolute Gasteiger partial charge is 0.310 e. The van der Waals surface area contributed by atoms with E-state index in [1.807, 2.05) is 0 Å². The lowest BCUT2D eigenvalue weighted by atomic mass is 10.4. The highest BCUT2D eigenvalue weighted by molar-refractivity contribution is 6.32. The zero-order chi connectivity index (χ0) is 10.7. The predicted octanol–water partition coefficient (Wildman–Crippen LogP) is 2.47. The number of halogens is 2. The van der Waals surface area contributed by atoms with E-state index in [4.69, 9.17) is 16.0 Å². The van der Waals surface area contributed by atoms with Crippen molar-refractivity contribution >= 4 is 17.4 Å². The largest absolute Gasteiger partial charge is 0.467 e. The molecule has 0 amide bonds. The van der Waals surface area contributed by atoms with Crippen molar-refractivity contribution in [3.63, 3.8) is 0 Å². The van der Waals surface area contributed by atoms with E-state index in [-0.39, 0.29) is 10.8 Å². The van der Waals surface area contributed by atoms with Gasteiger partial charge in [-0.25, -0.2) is 4.98 Å². The molecule has 0 unspecified atom stereocenters. The molecule has 6 heteroatoms. The first-order valence-electron chi connectivity index (χ1n) is 4.20. The van der Waals surface area contributed by atoms with Gasteiger partial charge in [-0.05, 0) is 12.1 Å². The fourth-order valence-electron chi connectivity index (χ4n) is 1.05. The van der Waals surface area contributed by atoms with E-state index in [1.54, 1.807) is 18.4 Å². The van der Waals surface area contributed by atoms with Gasteiger partial charge in [-0.3, -0.25) is 0 Å². The van der Waals surface area contributed by atoms with Gasteiger partial charge in [-0.15, -0.1) is 0 Å². The van der Waals surface area contributed by atoms with Gasteiger partial charge in [-0.2, -0.15) is 9.37 Å². The minimum absolute atomic E-state index is 0.251. The number of hydrogen-bond acceptors (Lipinski definition) is 4. The predicted molar refractivity (Wildman–Crippen MR) is 53.0 cm³/mol. The van der Waals surface area contributed by atoms with Gasteiger partial charge in [0.1, 0.15) is 10.8 Å². The lowest BCUT2D eigenvalue weighted by molar-refractivity contribution is 0.515. The zero-order valence-corrected chi connectivity index (χ0v) is 8.33.